The highest BCUT2D eigenvalue weighted by Gasteiger charge is 2.26. The van der Waals surface area contributed by atoms with E-state index >= 15 is 0 Å². The number of anilines is 1. The summed E-state index contributed by atoms with van der Waals surface area (Å²) in [4.78, 5) is 13.4. The first-order chi connectivity index (χ1) is 12.7. The molecule has 0 amide bonds. The molecule has 0 radical (unpaired) electrons. The Morgan fingerprint density at radius 1 is 1.04 bits per heavy atom. The Hall–Kier alpha value is -2.47. The Labute approximate surface area is 152 Å². The summed E-state index contributed by atoms with van der Waals surface area (Å²) >= 11 is 0. The molecule has 0 atom stereocenters. The standard InChI is InChI=1S/C20H22FN5/c21-17-9-15(10-22-11-17)12-24-5-7-25(8-6-24)18-3-4-20-23-19(16-1-2-16)14-26(20)13-18/h3-4,9-11,13-14,16H,1-2,5-8,12H2. The summed E-state index contributed by atoms with van der Waals surface area (Å²) in [6.07, 6.45) is 9.94. The van der Waals surface area contributed by atoms with Crippen LogP contribution in [0.4, 0.5) is 10.1 Å². The molecule has 3 aromatic heterocycles. The third-order valence-electron chi connectivity index (χ3n) is 5.35. The summed E-state index contributed by atoms with van der Waals surface area (Å²) in [5.41, 5.74) is 4.44. The fourth-order valence-corrected chi connectivity index (χ4v) is 3.73. The minimum absolute atomic E-state index is 0.264. The van der Waals surface area contributed by atoms with Crippen LogP contribution in [-0.2, 0) is 6.54 Å². The van der Waals surface area contributed by atoms with Crippen LogP contribution in [0, 0.1) is 5.82 Å². The van der Waals surface area contributed by atoms with E-state index in [4.69, 9.17) is 4.98 Å². The highest BCUT2D eigenvalue weighted by Crippen LogP contribution is 2.39. The van der Waals surface area contributed by atoms with Gasteiger partial charge in [-0.25, -0.2) is 9.37 Å². The molecule has 1 saturated heterocycles. The van der Waals surface area contributed by atoms with Crippen molar-refractivity contribution in [3.05, 3.63) is 60.1 Å². The molecule has 2 fully saturated rings. The zero-order valence-electron chi connectivity index (χ0n) is 14.7. The van der Waals surface area contributed by atoms with Gasteiger partial charge in [-0.05, 0) is 36.6 Å². The summed E-state index contributed by atoms with van der Waals surface area (Å²) < 4.78 is 15.5. The molecule has 0 bridgehead atoms. The minimum atomic E-state index is -0.264. The van der Waals surface area contributed by atoms with Crippen LogP contribution in [0.3, 0.4) is 0 Å². The van der Waals surface area contributed by atoms with E-state index in [9.17, 15) is 4.39 Å². The Morgan fingerprint density at radius 3 is 2.65 bits per heavy atom. The lowest BCUT2D eigenvalue weighted by atomic mass is 10.2. The average molecular weight is 351 g/mol. The van der Waals surface area contributed by atoms with Gasteiger partial charge in [-0.3, -0.25) is 9.88 Å². The molecule has 1 saturated carbocycles. The van der Waals surface area contributed by atoms with Gasteiger partial charge in [0.25, 0.3) is 0 Å². The normalized spacial score (nSPS) is 18.6. The second kappa shape index (κ2) is 6.36. The second-order valence-electron chi connectivity index (χ2n) is 7.37. The molecule has 2 aliphatic rings. The lowest BCUT2D eigenvalue weighted by Gasteiger charge is -2.36. The monoisotopic (exact) mass is 351 g/mol. The molecular formula is C20H22FN5. The maximum absolute atomic E-state index is 13.3. The van der Waals surface area contributed by atoms with Crippen molar-refractivity contribution >= 4 is 11.3 Å². The van der Waals surface area contributed by atoms with E-state index in [0.717, 1.165) is 43.9 Å². The van der Waals surface area contributed by atoms with Gasteiger partial charge < -0.3 is 9.30 Å². The average Bonchev–Trinajstić information content (AvgIpc) is 3.41. The number of imidazole rings is 1. The van der Waals surface area contributed by atoms with Crippen molar-refractivity contribution in [2.45, 2.75) is 25.3 Å². The zero-order valence-corrected chi connectivity index (χ0v) is 14.7. The van der Waals surface area contributed by atoms with Gasteiger partial charge in [-0.1, -0.05) is 0 Å². The van der Waals surface area contributed by atoms with Gasteiger partial charge in [-0.15, -0.1) is 0 Å². The number of hydrogen-bond donors (Lipinski definition) is 0. The van der Waals surface area contributed by atoms with Crippen molar-refractivity contribution in [3.63, 3.8) is 0 Å². The van der Waals surface area contributed by atoms with Crippen LogP contribution in [0.2, 0.25) is 0 Å². The van der Waals surface area contributed by atoms with Crippen molar-refractivity contribution in [3.8, 4) is 0 Å². The van der Waals surface area contributed by atoms with E-state index in [2.05, 4.69) is 43.7 Å². The molecule has 5 nitrogen and oxygen atoms in total. The highest BCUT2D eigenvalue weighted by molar-refractivity contribution is 5.53. The number of rotatable bonds is 4. The molecule has 0 N–H and O–H groups in total. The number of hydrogen-bond acceptors (Lipinski definition) is 4. The lowest BCUT2D eigenvalue weighted by Crippen LogP contribution is -2.46. The quantitative estimate of drug-likeness (QED) is 0.724. The van der Waals surface area contributed by atoms with Crippen LogP contribution in [0.15, 0.2) is 43.0 Å². The van der Waals surface area contributed by atoms with Gasteiger partial charge in [0.1, 0.15) is 11.5 Å². The van der Waals surface area contributed by atoms with Crippen LogP contribution in [0.25, 0.3) is 5.65 Å². The third-order valence-corrected chi connectivity index (χ3v) is 5.35. The fourth-order valence-electron chi connectivity index (χ4n) is 3.73. The summed E-state index contributed by atoms with van der Waals surface area (Å²) in [5, 5.41) is 0. The van der Waals surface area contributed by atoms with E-state index in [1.807, 2.05) is 0 Å². The van der Waals surface area contributed by atoms with Crippen molar-refractivity contribution in [2.75, 3.05) is 31.1 Å². The van der Waals surface area contributed by atoms with E-state index in [1.165, 1.54) is 30.4 Å². The summed E-state index contributed by atoms with van der Waals surface area (Å²) in [6.45, 7) is 4.62. The Balaban J connectivity index is 1.25. The van der Waals surface area contributed by atoms with Crippen LogP contribution in [-0.4, -0.2) is 45.4 Å². The van der Waals surface area contributed by atoms with E-state index in [-0.39, 0.29) is 5.82 Å². The first-order valence-corrected chi connectivity index (χ1v) is 9.30. The largest absolute Gasteiger partial charge is 0.368 e. The SMILES string of the molecule is Fc1cncc(CN2CCN(c3ccc4nc(C5CC5)cn4c3)CC2)c1. The summed E-state index contributed by atoms with van der Waals surface area (Å²) in [6, 6.07) is 5.86. The van der Waals surface area contributed by atoms with Crippen LogP contribution >= 0.6 is 0 Å². The van der Waals surface area contributed by atoms with Gasteiger partial charge >= 0.3 is 0 Å². The molecule has 0 spiro atoms. The zero-order chi connectivity index (χ0) is 17.5. The highest BCUT2D eigenvalue weighted by atomic mass is 19.1. The third kappa shape index (κ3) is 3.17. The van der Waals surface area contributed by atoms with Crippen LogP contribution in [0.5, 0.6) is 0 Å². The van der Waals surface area contributed by atoms with Gasteiger partial charge in [-0.2, -0.15) is 0 Å². The summed E-state index contributed by atoms with van der Waals surface area (Å²) in [5.74, 6) is 0.416. The number of aromatic nitrogens is 3. The van der Waals surface area contributed by atoms with E-state index in [0.29, 0.717) is 5.92 Å². The Morgan fingerprint density at radius 2 is 1.88 bits per heavy atom. The predicted molar refractivity (Wildman–Crippen MR) is 98.9 cm³/mol. The molecular weight excluding hydrogens is 329 g/mol. The molecule has 0 unspecified atom stereocenters. The van der Waals surface area contributed by atoms with Gasteiger partial charge in [0.05, 0.1) is 17.6 Å². The van der Waals surface area contributed by atoms with Crippen LogP contribution in [0.1, 0.15) is 30.0 Å². The smallest absolute Gasteiger partial charge is 0.141 e. The molecule has 0 aromatic carbocycles. The van der Waals surface area contributed by atoms with Crippen molar-refractivity contribution < 1.29 is 4.39 Å². The second-order valence-corrected chi connectivity index (χ2v) is 7.37. The van der Waals surface area contributed by atoms with Crippen molar-refractivity contribution in [1.29, 1.82) is 0 Å². The first kappa shape index (κ1) is 15.8. The Bertz CT molecular complexity index is 925. The van der Waals surface area contributed by atoms with Gasteiger partial charge in [0.2, 0.25) is 0 Å². The molecule has 4 heterocycles. The van der Waals surface area contributed by atoms with Crippen molar-refractivity contribution in [2.24, 2.45) is 0 Å². The number of piperazine rings is 1. The lowest BCUT2D eigenvalue weighted by molar-refractivity contribution is 0.249. The van der Waals surface area contributed by atoms with Gasteiger partial charge in [0, 0.05) is 57.2 Å². The minimum Gasteiger partial charge on any atom is -0.368 e. The number of pyridine rings is 2. The van der Waals surface area contributed by atoms with E-state index < -0.39 is 0 Å². The topological polar surface area (TPSA) is 36.7 Å². The van der Waals surface area contributed by atoms with E-state index in [1.54, 1.807) is 12.3 Å². The summed E-state index contributed by atoms with van der Waals surface area (Å²) in [7, 11) is 0. The maximum atomic E-state index is 13.3. The number of halogens is 1. The van der Waals surface area contributed by atoms with Gasteiger partial charge in [0.15, 0.2) is 0 Å². The number of fused-ring (bicyclic) bond motifs is 1. The Kier molecular flexibility index (Phi) is 3.85. The molecule has 5 rings (SSSR count). The molecule has 26 heavy (non-hydrogen) atoms. The molecule has 6 heteroatoms. The molecule has 1 aliphatic carbocycles. The molecule has 3 aromatic rings. The molecule has 134 valence electrons. The number of nitrogens with zero attached hydrogens (tertiary/aromatic N) is 5. The van der Waals surface area contributed by atoms with Crippen molar-refractivity contribution in [1.82, 2.24) is 19.3 Å². The predicted octanol–water partition coefficient (Wildman–Crippen LogP) is 3.07. The van der Waals surface area contributed by atoms with Crippen LogP contribution < -0.4 is 4.90 Å². The fraction of sp³-hybridized carbons (Fsp3) is 0.400. The maximum Gasteiger partial charge on any atom is 0.141 e. The molecule has 1 aliphatic heterocycles. The first-order valence-electron chi connectivity index (χ1n) is 9.30.